The van der Waals surface area contributed by atoms with Crippen LogP contribution in [0.5, 0.6) is 0 Å². The molecule has 6 atom stereocenters. The van der Waals surface area contributed by atoms with Crippen molar-refractivity contribution in [1.29, 1.82) is 0 Å². The molecule has 2 aromatic heterocycles. The van der Waals surface area contributed by atoms with Gasteiger partial charge in [-0.05, 0) is 68.4 Å². The van der Waals surface area contributed by atoms with Gasteiger partial charge in [0.2, 0.25) is 11.8 Å². The SMILES string of the molecule is COC(=O)NC(C(=O)N1CCCC1c1ncc(-c2ccc(-c3ccc4nc(C5CCCN5C(=O)C(NC(=O)OC)C(C)OC)[nH]c4c3)cc2)[nH]1)C(C)OC. The Morgan fingerprint density at radius 3 is 1.78 bits per heavy atom. The van der Waals surface area contributed by atoms with Crippen LogP contribution in [0.2, 0.25) is 0 Å². The Kier molecular flexibility index (Phi) is 11.8. The Hall–Kier alpha value is -5.48. The first kappa shape index (κ1) is 38.3. The maximum Gasteiger partial charge on any atom is 0.407 e. The van der Waals surface area contributed by atoms with E-state index in [0.717, 1.165) is 59.1 Å². The molecule has 2 aliphatic rings. The number of ether oxygens (including phenoxy) is 4. The first-order valence-corrected chi connectivity index (χ1v) is 18.1. The zero-order valence-electron chi connectivity index (χ0n) is 31.4. The van der Waals surface area contributed by atoms with Gasteiger partial charge in [-0.25, -0.2) is 19.6 Å². The molecular formula is C38H48N8O8. The van der Waals surface area contributed by atoms with Crippen molar-refractivity contribution >= 4 is 35.0 Å². The molecule has 0 aliphatic carbocycles. The van der Waals surface area contributed by atoms with E-state index in [4.69, 9.17) is 23.9 Å². The predicted octanol–water partition coefficient (Wildman–Crippen LogP) is 4.47. The van der Waals surface area contributed by atoms with Gasteiger partial charge in [-0.3, -0.25) is 9.59 Å². The first-order valence-electron chi connectivity index (χ1n) is 18.1. The fourth-order valence-corrected chi connectivity index (χ4v) is 7.25. The number of hydrogen-bond donors (Lipinski definition) is 4. The number of amides is 4. The second-order valence-corrected chi connectivity index (χ2v) is 13.6. The zero-order valence-corrected chi connectivity index (χ0v) is 31.4. The molecule has 6 rings (SSSR count). The summed E-state index contributed by atoms with van der Waals surface area (Å²) < 4.78 is 20.3. The summed E-state index contributed by atoms with van der Waals surface area (Å²) in [5, 5.41) is 5.24. The van der Waals surface area contributed by atoms with Crippen molar-refractivity contribution in [3.05, 3.63) is 60.3 Å². The fraction of sp³-hybridized carbons (Fsp3) is 0.474. The van der Waals surface area contributed by atoms with Crippen LogP contribution in [0.4, 0.5) is 9.59 Å². The number of carbonyl (C=O) groups is 4. The highest BCUT2D eigenvalue weighted by atomic mass is 16.5. The summed E-state index contributed by atoms with van der Waals surface area (Å²) in [5.74, 6) is 0.850. The summed E-state index contributed by atoms with van der Waals surface area (Å²) in [6.07, 6.45) is 2.31. The van der Waals surface area contributed by atoms with E-state index >= 15 is 0 Å². The van der Waals surface area contributed by atoms with Crippen LogP contribution in [0.1, 0.15) is 63.3 Å². The number of hydrogen-bond acceptors (Lipinski definition) is 10. The van der Waals surface area contributed by atoms with Gasteiger partial charge in [0.15, 0.2) is 0 Å². The molecule has 4 N–H and O–H groups in total. The van der Waals surface area contributed by atoms with Crippen molar-refractivity contribution in [2.45, 2.75) is 75.9 Å². The molecule has 288 valence electrons. The molecule has 2 aromatic carbocycles. The van der Waals surface area contributed by atoms with Crippen molar-refractivity contribution in [2.24, 2.45) is 0 Å². The molecule has 4 heterocycles. The predicted molar refractivity (Wildman–Crippen MR) is 198 cm³/mol. The highest BCUT2D eigenvalue weighted by molar-refractivity contribution is 5.88. The van der Waals surface area contributed by atoms with Crippen molar-refractivity contribution in [1.82, 2.24) is 40.4 Å². The lowest BCUT2D eigenvalue weighted by Gasteiger charge is -2.30. The molecule has 54 heavy (non-hydrogen) atoms. The van der Waals surface area contributed by atoms with E-state index < -0.39 is 36.5 Å². The van der Waals surface area contributed by atoms with Gasteiger partial charge < -0.3 is 49.3 Å². The molecule has 0 spiro atoms. The minimum absolute atomic E-state index is 0.254. The number of methoxy groups -OCH3 is 4. The van der Waals surface area contributed by atoms with E-state index in [1.165, 1.54) is 28.4 Å². The first-order chi connectivity index (χ1) is 26.1. The minimum atomic E-state index is -0.906. The number of nitrogens with one attached hydrogen (secondary N) is 4. The van der Waals surface area contributed by atoms with E-state index in [1.807, 2.05) is 42.5 Å². The van der Waals surface area contributed by atoms with Crippen molar-refractivity contribution in [2.75, 3.05) is 41.5 Å². The van der Waals surface area contributed by atoms with E-state index in [2.05, 4.69) is 25.6 Å². The molecular weight excluding hydrogens is 696 g/mol. The van der Waals surface area contributed by atoms with Gasteiger partial charge >= 0.3 is 12.2 Å². The van der Waals surface area contributed by atoms with Crippen molar-refractivity contribution in [3.63, 3.8) is 0 Å². The van der Waals surface area contributed by atoms with E-state index in [1.54, 1.807) is 29.8 Å². The third-order valence-corrected chi connectivity index (χ3v) is 10.5. The normalized spacial score (nSPS) is 19.3. The molecule has 0 radical (unpaired) electrons. The fourth-order valence-electron chi connectivity index (χ4n) is 7.25. The molecule has 2 fully saturated rings. The number of fused-ring (bicyclic) bond motifs is 1. The van der Waals surface area contributed by atoms with Gasteiger partial charge in [0.1, 0.15) is 23.7 Å². The molecule has 2 aliphatic heterocycles. The monoisotopic (exact) mass is 744 g/mol. The van der Waals surface area contributed by atoms with Gasteiger partial charge in [0.05, 0.1) is 61.4 Å². The highest BCUT2D eigenvalue weighted by Gasteiger charge is 2.40. The largest absolute Gasteiger partial charge is 0.453 e. The molecule has 6 unspecified atom stereocenters. The van der Waals surface area contributed by atoms with Crippen LogP contribution in [-0.2, 0) is 28.5 Å². The lowest BCUT2D eigenvalue weighted by atomic mass is 10.0. The van der Waals surface area contributed by atoms with Crippen LogP contribution < -0.4 is 10.6 Å². The summed E-state index contributed by atoms with van der Waals surface area (Å²) in [7, 11) is 5.50. The summed E-state index contributed by atoms with van der Waals surface area (Å²) in [4.78, 5) is 71.1. The van der Waals surface area contributed by atoms with Crippen molar-refractivity contribution < 1.29 is 38.1 Å². The molecule has 0 saturated carbocycles. The molecule has 4 amide bonds. The average Bonchev–Trinajstić information content (AvgIpc) is 4.03. The Morgan fingerprint density at radius 1 is 0.722 bits per heavy atom. The number of H-pyrrole nitrogens is 2. The van der Waals surface area contributed by atoms with Gasteiger partial charge in [0.25, 0.3) is 0 Å². The number of carbonyl (C=O) groups excluding carboxylic acids is 4. The molecule has 16 nitrogen and oxygen atoms in total. The number of aromatic amines is 2. The molecule has 4 aromatic rings. The number of nitrogens with zero attached hydrogens (tertiary/aromatic N) is 4. The Labute approximate surface area is 313 Å². The smallest absolute Gasteiger partial charge is 0.407 e. The lowest BCUT2D eigenvalue weighted by molar-refractivity contribution is -0.138. The topological polar surface area (TPSA) is 193 Å². The quantitative estimate of drug-likeness (QED) is 0.161. The van der Waals surface area contributed by atoms with Crippen LogP contribution in [0, 0.1) is 0 Å². The second kappa shape index (κ2) is 16.7. The van der Waals surface area contributed by atoms with Gasteiger partial charge in [-0.2, -0.15) is 0 Å². The second-order valence-electron chi connectivity index (χ2n) is 13.6. The van der Waals surface area contributed by atoms with Crippen LogP contribution >= 0.6 is 0 Å². The average molecular weight is 745 g/mol. The number of imidazole rings is 2. The maximum atomic E-state index is 13.7. The van der Waals surface area contributed by atoms with Gasteiger partial charge in [-0.15, -0.1) is 0 Å². The Bertz CT molecular complexity index is 1960. The van der Waals surface area contributed by atoms with E-state index in [9.17, 15) is 19.2 Å². The summed E-state index contributed by atoms with van der Waals surface area (Å²) >= 11 is 0. The maximum absolute atomic E-state index is 13.7. The molecule has 2 saturated heterocycles. The molecule has 0 bridgehead atoms. The summed E-state index contributed by atoms with van der Waals surface area (Å²) in [6, 6.07) is 11.8. The number of rotatable bonds is 12. The van der Waals surface area contributed by atoms with Gasteiger partial charge in [0, 0.05) is 27.3 Å². The third kappa shape index (κ3) is 7.89. The number of likely N-dealkylation sites (tertiary alicyclic amines) is 2. The van der Waals surface area contributed by atoms with Crippen LogP contribution in [0.15, 0.2) is 48.7 Å². The Morgan fingerprint density at radius 2 is 1.24 bits per heavy atom. The molecule has 16 heteroatoms. The van der Waals surface area contributed by atoms with Crippen LogP contribution in [0.3, 0.4) is 0 Å². The van der Waals surface area contributed by atoms with Crippen LogP contribution in [-0.4, -0.2) is 120 Å². The van der Waals surface area contributed by atoms with Gasteiger partial charge in [-0.1, -0.05) is 30.3 Å². The number of alkyl carbamates (subject to hydrolysis) is 2. The highest BCUT2D eigenvalue weighted by Crippen LogP contribution is 2.35. The number of benzene rings is 2. The lowest BCUT2D eigenvalue weighted by Crippen LogP contribution is -2.54. The standard InChI is InChI=1S/C38H48N8O8/c1-21(51-3)31(43-37(49)53-5)35(47)45-17-7-9-29(45)33-39-20-28(42-33)24-13-11-23(12-14-24)25-15-16-26-27(19-25)41-34(40-26)30-10-8-18-46(30)36(48)32(22(2)52-4)44-38(50)54-6/h11-16,19-22,29-32H,7-10,17-18H2,1-6H3,(H,39,42)(H,40,41)(H,43,49)(H,44,50). The summed E-state index contributed by atoms with van der Waals surface area (Å²) in [6.45, 7) is 4.52. The number of aromatic nitrogens is 4. The van der Waals surface area contributed by atoms with Crippen LogP contribution in [0.25, 0.3) is 33.4 Å². The minimum Gasteiger partial charge on any atom is -0.453 e. The van der Waals surface area contributed by atoms with E-state index in [0.29, 0.717) is 24.7 Å². The summed E-state index contributed by atoms with van der Waals surface area (Å²) in [5.41, 5.74) is 5.38. The van der Waals surface area contributed by atoms with Crippen molar-refractivity contribution in [3.8, 4) is 22.4 Å². The third-order valence-electron chi connectivity index (χ3n) is 10.5. The zero-order chi connectivity index (χ0) is 38.5. The Balaban J connectivity index is 1.16. The van der Waals surface area contributed by atoms with E-state index in [-0.39, 0.29) is 23.9 Å².